The van der Waals surface area contributed by atoms with Crippen LogP contribution in [0.5, 0.6) is 5.75 Å². The third-order valence-electron chi connectivity index (χ3n) is 3.75. The summed E-state index contributed by atoms with van der Waals surface area (Å²) in [6.07, 6.45) is 1.74. The third kappa shape index (κ3) is 4.42. The van der Waals surface area contributed by atoms with Gasteiger partial charge in [-0.3, -0.25) is 0 Å². The molecule has 0 radical (unpaired) electrons. The van der Waals surface area contributed by atoms with Gasteiger partial charge in [0.05, 0.1) is 6.21 Å². The standard InChI is InChI=1S/C19H20N4OS/c1-14(2)16-8-10-17(11-9-16)24-13-18-21-22-19(25)23(18)20-12-15-6-4-3-5-7-15/h3-12,14H,13H2,1-2H3,(H,22,25)/b20-12-. The van der Waals surface area contributed by atoms with Crippen molar-refractivity contribution in [1.29, 1.82) is 0 Å². The van der Waals surface area contributed by atoms with Crippen molar-refractivity contribution >= 4 is 18.4 Å². The maximum Gasteiger partial charge on any atom is 0.216 e. The van der Waals surface area contributed by atoms with Gasteiger partial charge in [0, 0.05) is 0 Å². The molecule has 0 saturated heterocycles. The molecule has 2 aromatic carbocycles. The van der Waals surface area contributed by atoms with E-state index in [-0.39, 0.29) is 6.61 Å². The molecule has 0 fully saturated rings. The van der Waals surface area contributed by atoms with Crippen molar-refractivity contribution in [2.24, 2.45) is 5.10 Å². The summed E-state index contributed by atoms with van der Waals surface area (Å²) in [5, 5.41) is 11.4. The zero-order valence-corrected chi connectivity index (χ0v) is 15.0. The number of H-pyrrole nitrogens is 1. The summed E-state index contributed by atoms with van der Waals surface area (Å²) in [6.45, 7) is 4.61. The highest BCUT2D eigenvalue weighted by molar-refractivity contribution is 7.71. The van der Waals surface area contributed by atoms with Crippen molar-refractivity contribution in [3.8, 4) is 5.75 Å². The highest BCUT2D eigenvalue weighted by Crippen LogP contribution is 2.19. The van der Waals surface area contributed by atoms with E-state index in [1.54, 1.807) is 10.9 Å². The molecule has 0 amide bonds. The molecule has 0 unspecified atom stereocenters. The first-order valence-corrected chi connectivity index (χ1v) is 8.53. The minimum Gasteiger partial charge on any atom is -0.486 e. The van der Waals surface area contributed by atoms with E-state index >= 15 is 0 Å². The molecule has 0 saturated carbocycles. The largest absolute Gasteiger partial charge is 0.486 e. The average molecular weight is 352 g/mol. The molecule has 3 rings (SSSR count). The Morgan fingerprint density at radius 2 is 1.88 bits per heavy atom. The number of rotatable bonds is 6. The average Bonchev–Trinajstić information content (AvgIpc) is 2.99. The minimum atomic E-state index is 0.278. The van der Waals surface area contributed by atoms with Gasteiger partial charge < -0.3 is 4.74 Å². The molecule has 1 heterocycles. The lowest BCUT2D eigenvalue weighted by atomic mass is 10.0. The molecule has 25 heavy (non-hydrogen) atoms. The van der Waals surface area contributed by atoms with Crippen LogP contribution in [0.15, 0.2) is 59.7 Å². The highest BCUT2D eigenvalue weighted by Gasteiger charge is 2.06. The molecule has 0 aliphatic rings. The fraction of sp³-hybridized carbons (Fsp3) is 0.211. The lowest BCUT2D eigenvalue weighted by molar-refractivity contribution is 0.290. The number of nitrogens with zero attached hydrogens (tertiary/aromatic N) is 3. The minimum absolute atomic E-state index is 0.278. The number of hydrogen-bond acceptors (Lipinski definition) is 4. The second kappa shape index (κ2) is 7.90. The number of aromatic amines is 1. The molecule has 128 valence electrons. The summed E-state index contributed by atoms with van der Waals surface area (Å²) in [7, 11) is 0. The highest BCUT2D eigenvalue weighted by atomic mass is 32.1. The first-order chi connectivity index (χ1) is 12.1. The molecule has 0 spiro atoms. The predicted octanol–water partition coefficient (Wildman–Crippen LogP) is 4.53. The van der Waals surface area contributed by atoms with E-state index in [1.807, 2.05) is 42.5 Å². The Labute approximate surface area is 152 Å². The summed E-state index contributed by atoms with van der Waals surface area (Å²) >= 11 is 5.24. The van der Waals surface area contributed by atoms with Gasteiger partial charge in [0.25, 0.3) is 0 Å². The zero-order valence-electron chi connectivity index (χ0n) is 14.2. The quantitative estimate of drug-likeness (QED) is 0.524. The maximum absolute atomic E-state index is 5.81. The molecule has 3 aromatic rings. The van der Waals surface area contributed by atoms with Gasteiger partial charge in [0.2, 0.25) is 4.77 Å². The third-order valence-corrected chi connectivity index (χ3v) is 4.02. The Bertz CT molecular complexity index is 895. The first-order valence-electron chi connectivity index (χ1n) is 8.12. The van der Waals surface area contributed by atoms with Crippen molar-refractivity contribution in [3.63, 3.8) is 0 Å². The van der Waals surface area contributed by atoms with E-state index in [1.165, 1.54) is 5.56 Å². The van der Waals surface area contributed by atoms with Gasteiger partial charge in [-0.05, 0) is 41.4 Å². The Kier molecular flexibility index (Phi) is 5.40. The van der Waals surface area contributed by atoms with Gasteiger partial charge in [0.15, 0.2) is 5.82 Å². The maximum atomic E-state index is 5.81. The number of aromatic nitrogens is 3. The van der Waals surface area contributed by atoms with Gasteiger partial charge in [-0.2, -0.15) is 14.9 Å². The molecule has 5 nitrogen and oxygen atoms in total. The molecule has 6 heteroatoms. The van der Waals surface area contributed by atoms with Crippen LogP contribution in [0.25, 0.3) is 0 Å². The Balaban J connectivity index is 1.71. The second-order valence-electron chi connectivity index (χ2n) is 5.92. The smallest absolute Gasteiger partial charge is 0.216 e. The predicted molar refractivity (Wildman–Crippen MR) is 102 cm³/mol. The van der Waals surface area contributed by atoms with Crippen LogP contribution in [0.4, 0.5) is 0 Å². The summed E-state index contributed by atoms with van der Waals surface area (Å²) in [5.74, 6) is 1.90. The zero-order chi connectivity index (χ0) is 17.6. The van der Waals surface area contributed by atoms with Crippen LogP contribution in [-0.4, -0.2) is 21.1 Å². The molecule has 0 aliphatic carbocycles. The van der Waals surface area contributed by atoms with Gasteiger partial charge in [-0.25, -0.2) is 5.10 Å². The number of hydrogen-bond donors (Lipinski definition) is 1. The Morgan fingerprint density at radius 1 is 1.16 bits per heavy atom. The van der Waals surface area contributed by atoms with Crippen molar-refractivity contribution in [1.82, 2.24) is 14.9 Å². The number of nitrogens with one attached hydrogen (secondary N) is 1. The molecular formula is C19H20N4OS. The van der Waals surface area contributed by atoms with E-state index in [0.29, 0.717) is 16.5 Å². The molecule has 0 aliphatic heterocycles. The monoisotopic (exact) mass is 352 g/mol. The topological polar surface area (TPSA) is 55.2 Å². The van der Waals surface area contributed by atoms with E-state index in [2.05, 4.69) is 41.3 Å². The van der Waals surface area contributed by atoms with Gasteiger partial charge in [0.1, 0.15) is 12.4 Å². The lowest BCUT2D eigenvalue weighted by Crippen LogP contribution is -2.04. The molecular weight excluding hydrogens is 332 g/mol. The van der Waals surface area contributed by atoms with E-state index in [4.69, 9.17) is 17.0 Å². The van der Waals surface area contributed by atoms with Crippen LogP contribution in [0.1, 0.15) is 36.7 Å². The van der Waals surface area contributed by atoms with E-state index in [9.17, 15) is 0 Å². The van der Waals surface area contributed by atoms with Crippen molar-refractivity contribution in [2.75, 3.05) is 0 Å². The molecule has 1 N–H and O–H groups in total. The number of benzene rings is 2. The van der Waals surface area contributed by atoms with Crippen LogP contribution >= 0.6 is 12.2 Å². The first kappa shape index (κ1) is 17.1. The van der Waals surface area contributed by atoms with Crippen molar-refractivity contribution in [3.05, 3.63) is 76.3 Å². The van der Waals surface area contributed by atoms with Gasteiger partial charge in [-0.15, -0.1) is 0 Å². The van der Waals surface area contributed by atoms with Crippen LogP contribution in [0, 0.1) is 4.77 Å². The van der Waals surface area contributed by atoms with E-state index < -0.39 is 0 Å². The van der Waals surface area contributed by atoms with Crippen molar-refractivity contribution in [2.45, 2.75) is 26.4 Å². The van der Waals surface area contributed by atoms with Gasteiger partial charge >= 0.3 is 0 Å². The number of ether oxygens (including phenoxy) is 1. The van der Waals surface area contributed by atoms with Crippen LogP contribution in [-0.2, 0) is 6.61 Å². The van der Waals surface area contributed by atoms with Crippen LogP contribution < -0.4 is 4.74 Å². The summed E-state index contributed by atoms with van der Waals surface area (Å²) in [4.78, 5) is 0. The Hall–Kier alpha value is -2.73. The normalized spacial score (nSPS) is 11.3. The van der Waals surface area contributed by atoms with E-state index in [0.717, 1.165) is 11.3 Å². The molecule has 0 bridgehead atoms. The fourth-order valence-electron chi connectivity index (χ4n) is 2.30. The second-order valence-corrected chi connectivity index (χ2v) is 6.31. The van der Waals surface area contributed by atoms with Crippen LogP contribution in [0.2, 0.25) is 0 Å². The summed E-state index contributed by atoms with van der Waals surface area (Å²) < 4.78 is 7.81. The lowest BCUT2D eigenvalue weighted by Gasteiger charge is -2.08. The SMILES string of the molecule is CC(C)c1ccc(OCc2n[nH]c(=S)n2/N=C\c2ccccc2)cc1. The van der Waals surface area contributed by atoms with Gasteiger partial charge in [-0.1, -0.05) is 56.3 Å². The molecule has 0 atom stereocenters. The fourth-order valence-corrected chi connectivity index (χ4v) is 2.50. The summed E-state index contributed by atoms with van der Waals surface area (Å²) in [6, 6.07) is 17.9. The van der Waals surface area contributed by atoms with Crippen LogP contribution in [0.3, 0.4) is 0 Å². The Morgan fingerprint density at radius 3 is 2.56 bits per heavy atom. The summed E-state index contributed by atoms with van der Waals surface area (Å²) in [5.41, 5.74) is 2.27. The van der Waals surface area contributed by atoms with Crippen molar-refractivity contribution < 1.29 is 4.74 Å². The molecule has 1 aromatic heterocycles.